The molecule has 2 saturated heterocycles. The van der Waals surface area contributed by atoms with Crippen LogP contribution in [0.3, 0.4) is 0 Å². The smallest absolute Gasteiger partial charge is 0.493 e. The van der Waals surface area contributed by atoms with Gasteiger partial charge in [-0.25, -0.2) is 4.79 Å². The number of β-lactam (4-membered cyclic amide) rings is 1. The molecule has 2 fully saturated rings. The van der Waals surface area contributed by atoms with Crippen LogP contribution in [0.25, 0.3) is 10.8 Å². The van der Waals surface area contributed by atoms with E-state index < -0.39 is 73.6 Å². The first-order valence-corrected chi connectivity index (χ1v) is 16.9. The van der Waals surface area contributed by atoms with E-state index in [1.807, 2.05) is 0 Å². The maximum Gasteiger partial charge on any atom is 0.507 e. The van der Waals surface area contributed by atoms with Gasteiger partial charge in [-0.05, 0) is 44.4 Å². The van der Waals surface area contributed by atoms with Crippen LogP contribution in [0.1, 0.15) is 37.6 Å². The lowest BCUT2D eigenvalue weighted by atomic mass is 9.99. The van der Waals surface area contributed by atoms with Crippen molar-refractivity contribution in [3.63, 3.8) is 0 Å². The fourth-order valence-corrected chi connectivity index (χ4v) is 8.67. The number of nitrogens with zero attached hydrogens (tertiary/aromatic N) is 1. The van der Waals surface area contributed by atoms with Crippen LogP contribution in [-0.4, -0.2) is 93.3 Å². The molecular formula is C24H31N3O13P2S. The zero-order chi connectivity index (χ0) is 32.1. The zero-order valence-corrected chi connectivity index (χ0v) is 25.6. The number of thioether (sulfide) groups is 1. The number of carboxylic acid groups (broad SMARTS) is 1. The number of carbonyl (C=O) groups excluding carboxylic acids is 2. The first kappa shape index (κ1) is 33.0. The predicted molar refractivity (Wildman–Crippen MR) is 154 cm³/mol. The van der Waals surface area contributed by atoms with E-state index in [0.29, 0.717) is 10.8 Å². The van der Waals surface area contributed by atoms with Gasteiger partial charge in [-0.15, -0.1) is 11.8 Å². The zero-order valence-electron chi connectivity index (χ0n) is 23.0. The maximum atomic E-state index is 13.7. The summed E-state index contributed by atoms with van der Waals surface area (Å²) in [5.74, 6) is -0.995. The maximum absolute atomic E-state index is 13.7. The number of hydrogen-bond donors (Lipinski definition) is 8. The minimum atomic E-state index is -5.63. The molecule has 16 nitrogen and oxygen atoms in total. The van der Waals surface area contributed by atoms with E-state index in [1.54, 1.807) is 45.0 Å². The van der Waals surface area contributed by atoms with Gasteiger partial charge in [0.25, 0.3) is 16.9 Å². The van der Waals surface area contributed by atoms with E-state index in [4.69, 9.17) is 14.6 Å². The average Bonchev–Trinajstić information content (AvgIpc) is 3.11. The van der Waals surface area contributed by atoms with Crippen LogP contribution < -0.4 is 15.4 Å². The van der Waals surface area contributed by atoms with Crippen molar-refractivity contribution in [1.29, 1.82) is 0 Å². The number of benzene rings is 2. The SMILES string of the molecule is CCOc1ccc2ccc(NCCC(O)(P(=O)(O)O)P(=O)(O)O)cc2c1C(=O)NC1C(=O)N2C1SC(C)(C)C2OC(=O)O. The van der Waals surface area contributed by atoms with Gasteiger partial charge >= 0.3 is 21.3 Å². The van der Waals surface area contributed by atoms with Crippen LogP contribution in [0.4, 0.5) is 10.5 Å². The molecule has 3 unspecified atom stereocenters. The number of amides is 2. The molecule has 2 aromatic carbocycles. The molecule has 4 rings (SSSR count). The van der Waals surface area contributed by atoms with Crippen molar-refractivity contribution in [2.75, 3.05) is 18.5 Å². The highest BCUT2D eigenvalue weighted by Gasteiger charge is 2.64. The first-order chi connectivity index (χ1) is 19.8. The van der Waals surface area contributed by atoms with Crippen LogP contribution in [-0.2, 0) is 18.7 Å². The van der Waals surface area contributed by atoms with Crippen molar-refractivity contribution in [2.45, 2.75) is 54.7 Å². The van der Waals surface area contributed by atoms with Gasteiger partial charge in [-0.1, -0.05) is 12.1 Å². The summed E-state index contributed by atoms with van der Waals surface area (Å²) in [7, 11) is -11.3. The van der Waals surface area contributed by atoms with Crippen LogP contribution in [0.2, 0.25) is 0 Å². The molecule has 0 saturated carbocycles. The van der Waals surface area contributed by atoms with Gasteiger partial charge in [0.2, 0.25) is 0 Å². The Morgan fingerprint density at radius 2 is 1.74 bits per heavy atom. The summed E-state index contributed by atoms with van der Waals surface area (Å²) < 4.78 is 33.1. The summed E-state index contributed by atoms with van der Waals surface area (Å²) in [6, 6.07) is 6.93. The van der Waals surface area contributed by atoms with Gasteiger partial charge in [0.1, 0.15) is 17.2 Å². The third kappa shape index (κ3) is 6.08. The summed E-state index contributed by atoms with van der Waals surface area (Å²) in [5.41, 5.74) is 0.346. The van der Waals surface area contributed by atoms with E-state index >= 15 is 0 Å². The summed E-state index contributed by atoms with van der Waals surface area (Å²) in [6.45, 7) is 4.89. The molecule has 2 aliphatic heterocycles. The number of fused-ring (bicyclic) bond motifs is 2. The van der Waals surface area contributed by atoms with Crippen LogP contribution in [0.15, 0.2) is 30.3 Å². The molecule has 19 heteroatoms. The standard InChI is InChI=1S/C24H31N3O13P2S/c1-4-39-15-8-6-12-5-7-13(25-10-9-24(32,41(33,34)35)42(36,37)38)11-14(12)16(15)18(28)26-17-19(29)27-20(17)43-23(2,3)21(27)40-22(30)31/h5-8,11,17,20-21,25,32H,4,9-10H2,1-3H3,(H,26,28)(H,30,31)(H2,33,34,35)(H2,36,37,38). The Balaban J connectivity index is 1.60. The molecule has 0 spiro atoms. The lowest BCUT2D eigenvalue weighted by Gasteiger charge is -2.43. The number of carbonyl (C=O) groups is 3. The molecule has 2 aromatic rings. The molecule has 0 aromatic heterocycles. The number of nitrogens with one attached hydrogen (secondary N) is 2. The Morgan fingerprint density at radius 3 is 2.33 bits per heavy atom. The lowest BCUT2D eigenvalue weighted by molar-refractivity contribution is -0.161. The minimum absolute atomic E-state index is 0.0665. The topological polar surface area (TPSA) is 252 Å². The molecule has 0 aliphatic carbocycles. The molecule has 2 aliphatic rings. The summed E-state index contributed by atoms with van der Waals surface area (Å²) in [5, 5.41) is 21.4. The molecule has 2 amide bonds. The predicted octanol–water partition coefficient (Wildman–Crippen LogP) is 1.85. The monoisotopic (exact) mass is 663 g/mol. The van der Waals surface area contributed by atoms with E-state index in [-0.39, 0.29) is 23.6 Å². The second kappa shape index (κ2) is 11.6. The highest BCUT2D eigenvalue weighted by Crippen LogP contribution is 2.68. The second-order valence-electron chi connectivity index (χ2n) is 10.4. The fourth-order valence-electron chi connectivity index (χ4n) is 4.96. The van der Waals surface area contributed by atoms with Gasteiger partial charge in [0.15, 0.2) is 6.23 Å². The molecule has 43 heavy (non-hydrogen) atoms. The summed E-state index contributed by atoms with van der Waals surface area (Å²) in [6.07, 6.45) is -3.58. The van der Waals surface area contributed by atoms with E-state index in [1.165, 1.54) is 22.7 Å². The van der Waals surface area contributed by atoms with Gasteiger partial charge in [-0.2, -0.15) is 0 Å². The number of rotatable bonds is 11. The third-order valence-corrected chi connectivity index (χ3v) is 12.5. The largest absolute Gasteiger partial charge is 0.507 e. The Kier molecular flexibility index (Phi) is 8.88. The minimum Gasteiger partial charge on any atom is -0.493 e. The molecule has 236 valence electrons. The Hall–Kier alpha value is -2.88. The van der Waals surface area contributed by atoms with Crippen LogP contribution >= 0.6 is 27.0 Å². The number of hydrogen-bond acceptors (Lipinski definition) is 10. The Bertz CT molecular complexity index is 1540. The van der Waals surface area contributed by atoms with Crippen molar-refractivity contribution in [2.24, 2.45) is 0 Å². The van der Waals surface area contributed by atoms with E-state index in [2.05, 4.69) is 10.6 Å². The molecule has 0 radical (unpaired) electrons. The van der Waals surface area contributed by atoms with Crippen molar-refractivity contribution < 1.29 is 62.8 Å². The average molecular weight is 664 g/mol. The van der Waals surface area contributed by atoms with Gasteiger partial charge in [0.05, 0.1) is 16.9 Å². The first-order valence-electron chi connectivity index (χ1n) is 12.8. The molecule has 8 N–H and O–H groups in total. The third-order valence-electron chi connectivity index (χ3n) is 7.08. The highest BCUT2D eigenvalue weighted by atomic mass is 32.2. The Morgan fingerprint density at radius 1 is 1.12 bits per heavy atom. The lowest BCUT2D eigenvalue weighted by Crippen LogP contribution is -2.70. The van der Waals surface area contributed by atoms with Crippen LogP contribution in [0, 0.1) is 0 Å². The van der Waals surface area contributed by atoms with Crippen molar-refractivity contribution in [1.82, 2.24) is 10.2 Å². The fraction of sp³-hybridized carbons (Fsp3) is 0.458. The molecule has 0 bridgehead atoms. The van der Waals surface area contributed by atoms with Crippen LogP contribution in [0.5, 0.6) is 5.75 Å². The van der Waals surface area contributed by atoms with Crippen molar-refractivity contribution in [3.8, 4) is 5.75 Å². The molecule has 2 heterocycles. The van der Waals surface area contributed by atoms with E-state index in [0.717, 1.165) is 0 Å². The van der Waals surface area contributed by atoms with Crippen molar-refractivity contribution in [3.05, 3.63) is 35.9 Å². The van der Waals surface area contributed by atoms with Crippen molar-refractivity contribution >= 4 is 61.4 Å². The normalized spacial score (nSPS) is 21.6. The van der Waals surface area contributed by atoms with Gasteiger partial charge in [-0.3, -0.25) is 23.6 Å². The number of aliphatic hydroxyl groups is 1. The number of ether oxygens (including phenoxy) is 2. The number of anilines is 1. The highest BCUT2D eigenvalue weighted by molar-refractivity contribution is 8.01. The molecular weight excluding hydrogens is 632 g/mol. The quantitative estimate of drug-likeness (QED) is 0.0970. The second-order valence-corrected chi connectivity index (χ2v) is 16.2. The summed E-state index contributed by atoms with van der Waals surface area (Å²) in [4.78, 5) is 76.6. The van der Waals surface area contributed by atoms with E-state index in [9.17, 15) is 48.2 Å². The summed E-state index contributed by atoms with van der Waals surface area (Å²) >= 11 is 1.28. The van der Waals surface area contributed by atoms with Gasteiger partial charge < -0.3 is 49.9 Å². The Labute approximate surface area is 249 Å². The molecule has 3 atom stereocenters. The van der Waals surface area contributed by atoms with Gasteiger partial charge in [0, 0.05) is 24.0 Å².